The van der Waals surface area contributed by atoms with Gasteiger partial charge in [-0.15, -0.1) is 0 Å². The van der Waals surface area contributed by atoms with Gasteiger partial charge < -0.3 is 8.80 Å². The monoisotopic (exact) mass is 432 g/mol. The number of benzene rings is 5. The van der Waals surface area contributed by atoms with Gasteiger partial charge >= 0.3 is 0 Å². The quantitative estimate of drug-likeness (QED) is 0.227. The molecule has 2 nitrogen and oxygen atoms in total. The summed E-state index contributed by atoms with van der Waals surface area (Å²) in [5.41, 5.74) is 10.5. The fourth-order valence-corrected chi connectivity index (χ4v) is 6.81. The van der Waals surface area contributed by atoms with E-state index in [4.69, 9.17) is 0 Å². The Kier molecular flexibility index (Phi) is 2.75. The van der Waals surface area contributed by atoms with E-state index in [0.717, 1.165) is 0 Å². The van der Waals surface area contributed by atoms with Crippen LogP contribution in [-0.4, -0.2) is 8.80 Å². The van der Waals surface area contributed by atoms with Gasteiger partial charge in [0.2, 0.25) is 0 Å². The molecule has 0 aliphatic heterocycles. The summed E-state index contributed by atoms with van der Waals surface area (Å²) >= 11 is 0. The van der Waals surface area contributed by atoms with Crippen LogP contribution in [0.3, 0.4) is 0 Å². The Bertz CT molecular complexity index is 2130. The summed E-state index contributed by atoms with van der Waals surface area (Å²) in [4.78, 5) is 0. The van der Waals surface area contributed by atoms with Crippen molar-refractivity contribution in [3.05, 3.63) is 96.1 Å². The Labute approximate surface area is 194 Å². The van der Waals surface area contributed by atoms with E-state index >= 15 is 0 Å². The van der Waals surface area contributed by atoms with Crippen molar-refractivity contribution >= 4 is 76.2 Å². The lowest BCUT2D eigenvalue weighted by molar-refractivity contribution is 1.36. The molecular weight excluding hydrogens is 412 g/mol. The molecule has 2 heteroatoms. The number of hydrogen-bond donors (Lipinski definition) is 0. The number of aryl methyl sites for hydroxylation is 2. The molecule has 0 atom stereocenters. The zero-order valence-electron chi connectivity index (χ0n) is 19.0. The smallest absolute Gasteiger partial charge is 0.0634 e. The summed E-state index contributed by atoms with van der Waals surface area (Å²) in [5.74, 6) is 0. The minimum Gasteiger partial charge on any atom is -0.308 e. The van der Waals surface area contributed by atoms with E-state index in [-0.39, 0.29) is 0 Å². The van der Waals surface area contributed by atoms with Crippen LogP contribution >= 0.6 is 0 Å². The SMILES string of the molecule is Cc1ccc2c(c1)c1c3c4ccccc4n4c5ccc(C)cc5c(c5c6ccccc6n2c51)c34. The molecule has 0 aliphatic carbocycles. The summed E-state index contributed by atoms with van der Waals surface area (Å²) in [6.45, 7) is 4.41. The Hall–Kier alpha value is -4.30. The molecule has 0 aliphatic rings. The number of fused-ring (bicyclic) bond motifs is 14. The van der Waals surface area contributed by atoms with Crippen LogP contribution in [-0.2, 0) is 0 Å². The predicted octanol–water partition coefficient (Wildman–Crippen LogP) is 8.60. The van der Waals surface area contributed by atoms with Gasteiger partial charge in [-0.25, -0.2) is 0 Å². The van der Waals surface area contributed by atoms with Gasteiger partial charge in [-0.1, -0.05) is 59.7 Å². The molecule has 0 unspecified atom stereocenters. The minimum atomic E-state index is 1.29. The third kappa shape index (κ3) is 1.70. The highest BCUT2D eigenvalue weighted by atomic mass is 14.9. The van der Waals surface area contributed by atoms with Gasteiger partial charge in [-0.3, -0.25) is 0 Å². The van der Waals surface area contributed by atoms with Crippen molar-refractivity contribution in [2.45, 2.75) is 13.8 Å². The topological polar surface area (TPSA) is 8.82 Å². The van der Waals surface area contributed by atoms with Gasteiger partial charge in [0.05, 0.1) is 33.1 Å². The number of para-hydroxylation sites is 2. The summed E-state index contributed by atoms with van der Waals surface area (Å²) in [7, 11) is 0. The van der Waals surface area contributed by atoms with Gasteiger partial charge in [-0.2, -0.15) is 0 Å². The average Bonchev–Trinajstić information content (AvgIpc) is 3.55. The van der Waals surface area contributed by atoms with Gasteiger partial charge in [0.1, 0.15) is 0 Å². The van der Waals surface area contributed by atoms with E-state index in [9.17, 15) is 0 Å². The van der Waals surface area contributed by atoms with Crippen LogP contribution in [0, 0.1) is 13.8 Å². The van der Waals surface area contributed by atoms with E-state index in [0.29, 0.717) is 0 Å². The van der Waals surface area contributed by atoms with E-state index in [1.807, 2.05) is 0 Å². The molecule has 0 saturated carbocycles. The van der Waals surface area contributed by atoms with Gasteiger partial charge in [0, 0.05) is 43.1 Å². The Morgan fingerprint density at radius 3 is 1.26 bits per heavy atom. The van der Waals surface area contributed by atoms with Gasteiger partial charge in [-0.05, 0) is 50.2 Å². The molecule has 0 bridgehead atoms. The molecular formula is C32H20N2. The highest BCUT2D eigenvalue weighted by molar-refractivity contribution is 6.45. The van der Waals surface area contributed by atoms with Crippen LogP contribution in [0.2, 0.25) is 0 Å². The van der Waals surface area contributed by atoms with Crippen LogP contribution < -0.4 is 0 Å². The predicted molar refractivity (Wildman–Crippen MR) is 145 cm³/mol. The first kappa shape index (κ1) is 17.2. The first-order valence-corrected chi connectivity index (χ1v) is 12.0. The molecule has 0 amide bonds. The van der Waals surface area contributed by atoms with Crippen molar-refractivity contribution in [1.29, 1.82) is 0 Å². The molecule has 4 aromatic heterocycles. The molecule has 4 heterocycles. The summed E-state index contributed by atoms with van der Waals surface area (Å²) in [6, 6.07) is 31.8. The van der Waals surface area contributed by atoms with E-state index in [1.54, 1.807) is 0 Å². The van der Waals surface area contributed by atoms with Crippen LogP contribution in [0.25, 0.3) is 76.2 Å². The van der Waals surface area contributed by atoms with Crippen LogP contribution in [0.15, 0.2) is 84.9 Å². The largest absolute Gasteiger partial charge is 0.308 e. The van der Waals surface area contributed by atoms with Crippen molar-refractivity contribution in [3.63, 3.8) is 0 Å². The molecule has 0 radical (unpaired) electrons. The molecule has 9 rings (SSSR count). The molecule has 0 spiro atoms. The average molecular weight is 433 g/mol. The fraction of sp³-hybridized carbons (Fsp3) is 0.0625. The van der Waals surface area contributed by atoms with E-state index in [2.05, 4.69) is 108 Å². The summed E-state index contributed by atoms with van der Waals surface area (Å²) < 4.78 is 5.04. The maximum absolute atomic E-state index is 2.52. The Morgan fingerprint density at radius 1 is 0.412 bits per heavy atom. The minimum absolute atomic E-state index is 1.29. The first-order chi connectivity index (χ1) is 16.7. The lowest BCUT2D eigenvalue weighted by Gasteiger charge is -2.03. The molecule has 5 aromatic carbocycles. The lowest BCUT2D eigenvalue weighted by atomic mass is 9.97. The Morgan fingerprint density at radius 2 is 0.794 bits per heavy atom. The second-order valence-electron chi connectivity index (χ2n) is 9.94. The standard InChI is InChI=1S/C32H20N2/c1-17-11-13-25-21(15-17)29-27-19-7-3-6-10-24(19)34-26-14-12-18(2)16-22(26)30(32(27)34)28-20-8-4-5-9-23(20)33(25)31(28)29/h3-16H,1-2H3. The number of hydrogen-bond acceptors (Lipinski definition) is 0. The van der Waals surface area contributed by atoms with Crippen molar-refractivity contribution in [3.8, 4) is 0 Å². The van der Waals surface area contributed by atoms with Crippen LogP contribution in [0.5, 0.6) is 0 Å². The van der Waals surface area contributed by atoms with E-state index in [1.165, 1.54) is 87.3 Å². The van der Waals surface area contributed by atoms with Crippen molar-refractivity contribution in [2.75, 3.05) is 0 Å². The molecule has 0 N–H and O–H groups in total. The zero-order chi connectivity index (χ0) is 22.3. The van der Waals surface area contributed by atoms with Crippen LogP contribution in [0.1, 0.15) is 11.1 Å². The van der Waals surface area contributed by atoms with Gasteiger partial charge in [0.25, 0.3) is 0 Å². The highest BCUT2D eigenvalue weighted by Gasteiger charge is 2.28. The molecule has 0 fully saturated rings. The molecule has 0 saturated heterocycles. The van der Waals surface area contributed by atoms with Gasteiger partial charge in [0.15, 0.2) is 0 Å². The van der Waals surface area contributed by atoms with Crippen LogP contribution in [0.4, 0.5) is 0 Å². The molecule has 158 valence electrons. The lowest BCUT2D eigenvalue weighted by Crippen LogP contribution is -1.80. The van der Waals surface area contributed by atoms with E-state index < -0.39 is 0 Å². The highest BCUT2D eigenvalue weighted by Crippen LogP contribution is 2.51. The number of aromatic nitrogens is 2. The Balaban J connectivity index is 1.82. The second-order valence-corrected chi connectivity index (χ2v) is 9.94. The molecule has 9 aromatic rings. The number of nitrogens with zero attached hydrogens (tertiary/aromatic N) is 2. The zero-order valence-corrected chi connectivity index (χ0v) is 19.0. The number of rotatable bonds is 0. The van der Waals surface area contributed by atoms with Crippen molar-refractivity contribution in [1.82, 2.24) is 8.80 Å². The maximum Gasteiger partial charge on any atom is 0.0634 e. The normalized spacial score (nSPS) is 13.0. The van der Waals surface area contributed by atoms with Crippen molar-refractivity contribution < 1.29 is 0 Å². The maximum atomic E-state index is 2.52. The first-order valence-electron chi connectivity index (χ1n) is 12.0. The van der Waals surface area contributed by atoms with Crippen molar-refractivity contribution in [2.24, 2.45) is 0 Å². The third-order valence-corrected chi connectivity index (χ3v) is 8.05. The summed E-state index contributed by atoms with van der Waals surface area (Å²) in [6.07, 6.45) is 0. The second kappa shape index (κ2) is 5.43. The molecule has 34 heavy (non-hydrogen) atoms. The summed E-state index contributed by atoms with van der Waals surface area (Å²) in [5, 5.41) is 11.0. The fourth-order valence-electron chi connectivity index (χ4n) is 6.81. The third-order valence-electron chi connectivity index (χ3n) is 8.05.